The van der Waals surface area contributed by atoms with Gasteiger partial charge in [0.15, 0.2) is 0 Å². The van der Waals surface area contributed by atoms with Gasteiger partial charge in [0.25, 0.3) is 0 Å². The highest BCUT2D eigenvalue weighted by molar-refractivity contribution is 5.68. The molecule has 1 heterocycles. The molecular formula is C22H33FN2O2. The molecule has 0 aromatic heterocycles. The quantitative estimate of drug-likeness (QED) is 0.716. The first kappa shape index (κ1) is 21.3. The summed E-state index contributed by atoms with van der Waals surface area (Å²) in [6, 6.07) is 8.29. The predicted molar refractivity (Wildman–Crippen MR) is 109 cm³/mol. The van der Waals surface area contributed by atoms with Crippen molar-refractivity contribution in [2.45, 2.75) is 59.0 Å². The van der Waals surface area contributed by atoms with Gasteiger partial charge in [-0.15, -0.1) is 0 Å². The normalized spacial score (nSPS) is 16.5. The van der Waals surface area contributed by atoms with E-state index in [-0.39, 0.29) is 17.3 Å². The molecule has 0 bridgehead atoms. The SMILES string of the molecule is CC/C(F)=C\C(C)(C)c1ccc(N2CCN(C(=O)OC(C)(C)C)CC2)cc1. The monoisotopic (exact) mass is 376 g/mol. The summed E-state index contributed by atoms with van der Waals surface area (Å²) in [6.07, 6.45) is 1.87. The molecule has 1 saturated heterocycles. The summed E-state index contributed by atoms with van der Waals surface area (Å²) in [5, 5.41) is 0. The Morgan fingerprint density at radius 3 is 2.11 bits per heavy atom. The predicted octanol–water partition coefficient (Wildman–Crippen LogP) is 5.28. The molecule has 0 N–H and O–H groups in total. The largest absolute Gasteiger partial charge is 0.444 e. The third kappa shape index (κ3) is 5.98. The maximum atomic E-state index is 13.7. The second kappa shape index (κ2) is 8.32. The lowest BCUT2D eigenvalue weighted by Gasteiger charge is -2.37. The highest BCUT2D eigenvalue weighted by atomic mass is 19.1. The van der Waals surface area contributed by atoms with Crippen molar-refractivity contribution < 1.29 is 13.9 Å². The standard InChI is InChI=1S/C22H33FN2O2/c1-7-18(23)16-22(5,6)17-8-10-19(11-9-17)24-12-14-25(15-13-24)20(26)27-21(2,3)4/h8-11,16H,7,12-15H2,1-6H3/b18-16+. The Morgan fingerprint density at radius 1 is 1.07 bits per heavy atom. The van der Waals surface area contributed by atoms with Gasteiger partial charge < -0.3 is 14.5 Å². The number of benzene rings is 1. The van der Waals surface area contributed by atoms with Crippen LogP contribution in [-0.2, 0) is 10.2 Å². The summed E-state index contributed by atoms with van der Waals surface area (Å²) in [5.74, 6) is -0.0812. The van der Waals surface area contributed by atoms with E-state index in [1.165, 1.54) is 0 Å². The van der Waals surface area contributed by atoms with Crippen molar-refractivity contribution in [3.63, 3.8) is 0 Å². The van der Waals surface area contributed by atoms with Crippen LogP contribution in [0.2, 0.25) is 0 Å². The lowest BCUT2D eigenvalue weighted by Crippen LogP contribution is -2.50. The Labute approximate surface area is 163 Å². The van der Waals surface area contributed by atoms with Crippen LogP contribution in [0.25, 0.3) is 0 Å². The number of hydrogen-bond acceptors (Lipinski definition) is 3. The third-order valence-corrected chi connectivity index (χ3v) is 4.76. The molecule has 2 rings (SSSR count). The fraction of sp³-hybridized carbons (Fsp3) is 0.591. The van der Waals surface area contributed by atoms with E-state index in [1.807, 2.05) is 41.5 Å². The first-order chi connectivity index (χ1) is 12.5. The van der Waals surface area contributed by atoms with Crippen molar-refractivity contribution in [2.75, 3.05) is 31.1 Å². The molecule has 0 saturated carbocycles. The van der Waals surface area contributed by atoms with E-state index in [0.717, 1.165) is 24.3 Å². The van der Waals surface area contributed by atoms with Gasteiger partial charge in [0.2, 0.25) is 0 Å². The molecular weight excluding hydrogens is 343 g/mol. The molecule has 0 aliphatic carbocycles. The fourth-order valence-corrected chi connectivity index (χ4v) is 3.15. The Balaban J connectivity index is 1.98. The summed E-state index contributed by atoms with van der Waals surface area (Å²) in [7, 11) is 0. The van der Waals surface area contributed by atoms with Crippen LogP contribution in [0.15, 0.2) is 36.2 Å². The van der Waals surface area contributed by atoms with Crippen LogP contribution < -0.4 is 4.90 Å². The van der Waals surface area contributed by atoms with Gasteiger partial charge in [0, 0.05) is 37.3 Å². The van der Waals surface area contributed by atoms with E-state index in [9.17, 15) is 9.18 Å². The number of ether oxygens (including phenoxy) is 1. The molecule has 1 aliphatic rings. The molecule has 4 nitrogen and oxygen atoms in total. The highest BCUT2D eigenvalue weighted by Crippen LogP contribution is 2.29. The Hall–Kier alpha value is -2.04. The van der Waals surface area contributed by atoms with E-state index in [0.29, 0.717) is 19.5 Å². The topological polar surface area (TPSA) is 32.8 Å². The maximum Gasteiger partial charge on any atom is 0.410 e. The number of allylic oxidation sites excluding steroid dienone is 2. The Kier molecular flexibility index (Phi) is 6.55. The minimum Gasteiger partial charge on any atom is -0.444 e. The zero-order chi connectivity index (χ0) is 20.2. The molecule has 27 heavy (non-hydrogen) atoms. The second-order valence-electron chi connectivity index (χ2n) is 8.67. The van der Waals surface area contributed by atoms with Gasteiger partial charge >= 0.3 is 6.09 Å². The Morgan fingerprint density at radius 2 is 1.63 bits per heavy atom. The van der Waals surface area contributed by atoms with Crippen LogP contribution in [0.4, 0.5) is 14.9 Å². The average molecular weight is 377 g/mol. The lowest BCUT2D eigenvalue weighted by molar-refractivity contribution is 0.0240. The zero-order valence-corrected chi connectivity index (χ0v) is 17.5. The lowest BCUT2D eigenvalue weighted by atomic mass is 9.84. The molecule has 0 atom stereocenters. The summed E-state index contributed by atoms with van der Waals surface area (Å²) >= 11 is 0. The van der Waals surface area contributed by atoms with Crippen molar-refractivity contribution >= 4 is 11.8 Å². The maximum absolute atomic E-state index is 13.7. The number of carbonyl (C=O) groups is 1. The number of carbonyl (C=O) groups excluding carboxylic acids is 1. The van der Waals surface area contributed by atoms with Gasteiger partial charge in [-0.25, -0.2) is 9.18 Å². The van der Waals surface area contributed by atoms with Gasteiger partial charge in [0.1, 0.15) is 5.60 Å². The molecule has 1 amide bonds. The third-order valence-electron chi connectivity index (χ3n) is 4.76. The number of piperazine rings is 1. The number of rotatable bonds is 4. The van der Waals surface area contributed by atoms with Gasteiger partial charge in [-0.1, -0.05) is 32.9 Å². The second-order valence-corrected chi connectivity index (χ2v) is 8.67. The molecule has 5 heteroatoms. The first-order valence-electron chi connectivity index (χ1n) is 9.72. The molecule has 0 unspecified atom stereocenters. The fourth-order valence-electron chi connectivity index (χ4n) is 3.15. The first-order valence-corrected chi connectivity index (χ1v) is 9.72. The average Bonchev–Trinajstić information content (AvgIpc) is 2.60. The van der Waals surface area contributed by atoms with Gasteiger partial charge in [0.05, 0.1) is 5.83 Å². The molecule has 0 spiro atoms. The van der Waals surface area contributed by atoms with Crippen molar-refractivity contribution in [1.82, 2.24) is 4.90 Å². The van der Waals surface area contributed by atoms with Crippen LogP contribution in [0.3, 0.4) is 0 Å². The summed E-state index contributed by atoms with van der Waals surface area (Å²) in [6.45, 7) is 14.3. The molecule has 1 fully saturated rings. The minimum absolute atomic E-state index is 0.0812. The van der Waals surface area contributed by atoms with Gasteiger partial charge in [-0.2, -0.15) is 0 Å². The van der Waals surface area contributed by atoms with Crippen molar-refractivity contribution in [1.29, 1.82) is 0 Å². The highest BCUT2D eigenvalue weighted by Gasteiger charge is 2.26. The summed E-state index contributed by atoms with van der Waals surface area (Å²) in [4.78, 5) is 16.2. The van der Waals surface area contributed by atoms with E-state index in [1.54, 1.807) is 11.0 Å². The van der Waals surface area contributed by atoms with Crippen molar-refractivity contribution in [3.8, 4) is 0 Å². The van der Waals surface area contributed by atoms with Crippen LogP contribution in [0.1, 0.15) is 53.5 Å². The van der Waals surface area contributed by atoms with Gasteiger partial charge in [-0.3, -0.25) is 0 Å². The molecule has 1 aromatic rings. The minimum atomic E-state index is -0.470. The summed E-state index contributed by atoms with van der Waals surface area (Å²) < 4.78 is 19.1. The number of nitrogens with zero attached hydrogens (tertiary/aromatic N) is 2. The zero-order valence-electron chi connectivity index (χ0n) is 17.5. The van der Waals surface area contributed by atoms with Crippen molar-refractivity contribution in [3.05, 3.63) is 41.7 Å². The van der Waals surface area contributed by atoms with Crippen LogP contribution in [-0.4, -0.2) is 42.8 Å². The number of anilines is 1. The summed E-state index contributed by atoms with van der Waals surface area (Å²) in [5.41, 5.74) is 1.40. The smallest absolute Gasteiger partial charge is 0.410 e. The number of amides is 1. The van der Waals surface area contributed by atoms with Crippen molar-refractivity contribution in [2.24, 2.45) is 0 Å². The van der Waals surface area contributed by atoms with Crippen LogP contribution in [0, 0.1) is 0 Å². The van der Waals surface area contributed by atoms with E-state index < -0.39 is 5.60 Å². The molecule has 0 radical (unpaired) electrons. The van der Waals surface area contributed by atoms with E-state index >= 15 is 0 Å². The molecule has 150 valence electrons. The number of hydrogen-bond donors (Lipinski definition) is 0. The van der Waals surface area contributed by atoms with E-state index in [2.05, 4.69) is 29.2 Å². The van der Waals surface area contributed by atoms with Crippen LogP contribution in [0.5, 0.6) is 0 Å². The molecule has 1 aromatic carbocycles. The number of halogens is 1. The van der Waals surface area contributed by atoms with E-state index in [4.69, 9.17) is 4.74 Å². The van der Waals surface area contributed by atoms with Crippen LogP contribution >= 0.6 is 0 Å². The Bertz CT molecular complexity index is 667. The molecule has 1 aliphatic heterocycles. The van der Waals surface area contributed by atoms with Gasteiger partial charge in [-0.05, 0) is 51.0 Å².